The minimum Gasteiger partial charge on any atom is -0.306 e. The van der Waals surface area contributed by atoms with Crippen molar-refractivity contribution in [3.8, 4) is 0 Å². The molecule has 0 heterocycles. The summed E-state index contributed by atoms with van der Waals surface area (Å²) in [5, 5.41) is 4.59. The molecule has 0 saturated carbocycles. The van der Waals surface area contributed by atoms with Crippen LogP contribution >= 0.6 is 23.2 Å². The van der Waals surface area contributed by atoms with Crippen molar-refractivity contribution in [1.82, 2.24) is 5.32 Å². The summed E-state index contributed by atoms with van der Waals surface area (Å²) in [6.45, 7) is 6.30. The van der Waals surface area contributed by atoms with E-state index >= 15 is 0 Å². The van der Waals surface area contributed by atoms with Crippen LogP contribution in [0, 0.1) is 19.7 Å². The largest absolute Gasteiger partial charge is 0.306 e. The van der Waals surface area contributed by atoms with Gasteiger partial charge in [0, 0.05) is 15.6 Å². The van der Waals surface area contributed by atoms with Crippen molar-refractivity contribution in [3.05, 3.63) is 68.4 Å². The van der Waals surface area contributed by atoms with Crippen LogP contribution in [0.15, 0.2) is 30.3 Å². The van der Waals surface area contributed by atoms with E-state index in [0.717, 1.165) is 17.7 Å². The molecule has 0 spiro atoms. The van der Waals surface area contributed by atoms with Crippen LogP contribution in [0.25, 0.3) is 0 Å². The summed E-state index contributed by atoms with van der Waals surface area (Å²) >= 11 is 12.6. The maximum Gasteiger partial charge on any atom is 0.129 e. The number of nitrogens with one attached hydrogen (secondary N) is 1. The first kappa shape index (κ1) is 16.3. The summed E-state index contributed by atoms with van der Waals surface area (Å²) in [5.74, 6) is -0.167. The smallest absolute Gasteiger partial charge is 0.129 e. The second-order valence-electron chi connectivity index (χ2n) is 5.09. The first-order chi connectivity index (χ1) is 9.95. The normalized spacial score (nSPS) is 12.5. The van der Waals surface area contributed by atoms with Crippen molar-refractivity contribution in [2.75, 3.05) is 6.54 Å². The molecule has 0 aliphatic heterocycles. The summed E-state index contributed by atoms with van der Waals surface area (Å²) in [7, 11) is 0. The van der Waals surface area contributed by atoms with Gasteiger partial charge in [-0.05, 0) is 49.2 Å². The minimum absolute atomic E-state index is 0.158. The van der Waals surface area contributed by atoms with Crippen LogP contribution in [0.5, 0.6) is 0 Å². The highest BCUT2D eigenvalue weighted by Crippen LogP contribution is 2.35. The molecule has 0 aromatic heterocycles. The van der Waals surface area contributed by atoms with Crippen LogP contribution in [0.1, 0.15) is 35.2 Å². The Morgan fingerprint density at radius 3 is 2.10 bits per heavy atom. The average molecular weight is 326 g/mol. The van der Waals surface area contributed by atoms with E-state index in [1.165, 1.54) is 0 Å². The Morgan fingerprint density at radius 1 is 1.10 bits per heavy atom. The maximum absolute atomic E-state index is 13.8. The highest BCUT2D eigenvalue weighted by Gasteiger charge is 2.20. The average Bonchev–Trinajstić information content (AvgIpc) is 2.43. The summed E-state index contributed by atoms with van der Waals surface area (Å²) in [4.78, 5) is 0. The zero-order valence-corrected chi connectivity index (χ0v) is 13.8. The molecule has 2 aromatic rings. The summed E-state index contributed by atoms with van der Waals surface area (Å²) in [5.41, 5.74) is 3.03. The summed E-state index contributed by atoms with van der Waals surface area (Å²) in [6.07, 6.45) is 0. The van der Waals surface area contributed by atoms with Gasteiger partial charge in [0.1, 0.15) is 5.82 Å². The highest BCUT2D eigenvalue weighted by atomic mass is 35.5. The second kappa shape index (κ2) is 6.78. The van der Waals surface area contributed by atoms with Crippen molar-refractivity contribution in [2.24, 2.45) is 0 Å². The van der Waals surface area contributed by atoms with E-state index in [2.05, 4.69) is 5.32 Å². The zero-order chi connectivity index (χ0) is 15.6. The third-order valence-electron chi connectivity index (χ3n) is 3.49. The van der Waals surface area contributed by atoms with Gasteiger partial charge in [0.25, 0.3) is 0 Å². The molecule has 1 N–H and O–H groups in total. The quantitative estimate of drug-likeness (QED) is 0.788. The molecular weight excluding hydrogens is 308 g/mol. The van der Waals surface area contributed by atoms with E-state index in [9.17, 15) is 4.39 Å². The maximum atomic E-state index is 13.8. The predicted octanol–water partition coefficient (Wildman–Crippen LogP) is 5.45. The van der Waals surface area contributed by atoms with Gasteiger partial charge in [-0.1, -0.05) is 48.3 Å². The van der Waals surface area contributed by atoms with Crippen molar-refractivity contribution < 1.29 is 4.39 Å². The van der Waals surface area contributed by atoms with Gasteiger partial charge in [-0.3, -0.25) is 0 Å². The van der Waals surface area contributed by atoms with Gasteiger partial charge in [-0.2, -0.15) is 0 Å². The Bertz CT molecular complexity index is 612. The van der Waals surface area contributed by atoms with E-state index in [1.54, 1.807) is 13.8 Å². The number of aryl methyl sites for hydroxylation is 2. The first-order valence-corrected chi connectivity index (χ1v) is 7.65. The van der Waals surface area contributed by atoms with Gasteiger partial charge < -0.3 is 5.32 Å². The molecule has 2 aromatic carbocycles. The van der Waals surface area contributed by atoms with E-state index in [4.69, 9.17) is 23.2 Å². The second-order valence-corrected chi connectivity index (χ2v) is 5.91. The predicted molar refractivity (Wildman–Crippen MR) is 87.9 cm³/mol. The first-order valence-electron chi connectivity index (χ1n) is 6.89. The lowest BCUT2D eigenvalue weighted by atomic mass is 9.95. The van der Waals surface area contributed by atoms with E-state index in [-0.39, 0.29) is 11.9 Å². The van der Waals surface area contributed by atoms with Crippen molar-refractivity contribution in [3.63, 3.8) is 0 Å². The van der Waals surface area contributed by atoms with Crippen molar-refractivity contribution in [1.29, 1.82) is 0 Å². The van der Waals surface area contributed by atoms with Gasteiger partial charge in [-0.15, -0.1) is 0 Å². The van der Waals surface area contributed by atoms with Gasteiger partial charge in [0.2, 0.25) is 0 Å². The number of hydrogen-bond acceptors (Lipinski definition) is 1. The lowest BCUT2D eigenvalue weighted by molar-refractivity contribution is 0.598. The Balaban J connectivity index is 2.59. The van der Waals surface area contributed by atoms with Crippen LogP contribution < -0.4 is 5.32 Å². The molecule has 0 saturated heterocycles. The molecule has 4 heteroatoms. The third kappa shape index (κ3) is 3.39. The van der Waals surface area contributed by atoms with E-state index in [0.29, 0.717) is 21.2 Å². The molecular formula is C17H18Cl2FN. The molecule has 0 aliphatic carbocycles. The monoisotopic (exact) mass is 325 g/mol. The molecule has 21 heavy (non-hydrogen) atoms. The summed E-state index contributed by atoms with van der Waals surface area (Å²) < 4.78 is 13.8. The third-order valence-corrected chi connectivity index (χ3v) is 4.15. The Hall–Kier alpha value is -1.09. The lowest BCUT2D eigenvalue weighted by Gasteiger charge is -2.22. The van der Waals surface area contributed by atoms with Crippen LogP contribution in [-0.2, 0) is 0 Å². The number of rotatable bonds is 4. The summed E-state index contributed by atoms with van der Waals surface area (Å²) in [6, 6.07) is 8.98. The standard InChI is InChI=1S/C17H18Cl2FN/c1-4-21-17(15-13(18)6-5-7-14(15)19)12-8-10(2)16(20)11(3)9-12/h5-9,17,21H,4H2,1-3H3. The molecule has 0 bridgehead atoms. The van der Waals surface area contributed by atoms with E-state index < -0.39 is 0 Å². The Labute approximate surface area is 135 Å². The van der Waals surface area contributed by atoms with Crippen LogP contribution in [0.3, 0.4) is 0 Å². The van der Waals surface area contributed by atoms with Gasteiger partial charge in [0.15, 0.2) is 0 Å². The van der Waals surface area contributed by atoms with E-state index in [1.807, 2.05) is 37.3 Å². The van der Waals surface area contributed by atoms with Crippen molar-refractivity contribution in [2.45, 2.75) is 26.8 Å². The SMILES string of the molecule is CCNC(c1cc(C)c(F)c(C)c1)c1c(Cl)cccc1Cl. The fraction of sp³-hybridized carbons (Fsp3) is 0.294. The lowest BCUT2D eigenvalue weighted by Crippen LogP contribution is -2.23. The molecule has 1 nitrogen and oxygen atoms in total. The highest BCUT2D eigenvalue weighted by molar-refractivity contribution is 6.36. The fourth-order valence-corrected chi connectivity index (χ4v) is 3.14. The molecule has 112 valence electrons. The number of hydrogen-bond donors (Lipinski definition) is 1. The van der Waals surface area contributed by atoms with Crippen LogP contribution in [0.2, 0.25) is 10.0 Å². The molecule has 0 aliphatic rings. The minimum atomic E-state index is -0.167. The number of benzene rings is 2. The Kier molecular flexibility index (Phi) is 5.26. The molecule has 1 unspecified atom stereocenters. The van der Waals surface area contributed by atoms with Crippen LogP contribution in [-0.4, -0.2) is 6.54 Å². The van der Waals surface area contributed by atoms with Crippen molar-refractivity contribution >= 4 is 23.2 Å². The van der Waals surface area contributed by atoms with Crippen LogP contribution in [0.4, 0.5) is 4.39 Å². The molecule has 2 rings (SSSR count). The fourth-order valence-electron chi connectivity index (χ4n) is 2.52. The zero-order valence-electron chi connectivity index (χ0n) is 12.3. The molecule has 0 radical (unpaired) electrons. The number of halogens is 3. The van der Waals surface area contributed by atoms with Gasteiger partial charge >= 0.3 is 0 Å². The topological polar surface area (TPSA) is 12.0 Å². The van der Waals surface area contributed by atoms with Gasteiger partial charge in [0.05, 0.1) is 6.04 Å². The Morgan fingerprint density at radius 2 is 1.62 bits per heavy atom. The molecule has 0 amide bonds. The molecule has 0 fully saturated rings. The van der Waals surface area contributed by atoms with Gasteiger partial charge in [-0.25, -0.2) is 4.39 Å². The molecule has 1 atom stereocenters.